The van der Waals surface area contributed by atoms with Crippen molar-refractivity contribution in [3.05, 3.63) is 0 Å². The van der Waals surface area contributed by atoms with Crippen LogP contribution in [0.25, 0.3) is 0 Å². The summed E-state index contributed by atoms with van der Waals surface area (Å²) in [5.74, 6) is 0.839. The number of amides is 1. The van der Waals surface area contributed by atoms with Gasteiger partial charge in [0.1, 0.15) is 0 Å². The first-order valence-corrected chi connectivity index (χ1v) is 6.38. The highest BCUT2D eigenvalue weighted by Crippen LogP contribution is 2.40. The summed E-state index contributed by atoms with van der Waals surface area (Å²) in [6.07, 6.45) is 3.61. The van der Waals surface area contributed by atoms with Gasteiger partial charge in [0.25, 0.3) is 0 Å². The lowest BCUT2D eigenvalue weighted by atomic mass is 9.91. The van der Waals surface area contributed by atoms with Gasteiger partial charge in [0, 0.05) is 19.5 Å². The lowest BCUT2D eigenvalue weighted by Crippen LogP contribution is -2.34. The Hall–Kier alpha value is -0.570. The van der Waals surface area contributed by atoms with Gasteiger partial charge in [-0.15, -0.1) is 0 Å². The Morgan fingerprint density at radius 3 is 2.50 bits per heavy atom. The van der Waals surface area contributed by atoms with Gasteiger partial charge < -0.3 is 10.6 Å². The van der Waals surface area contributed by atoms with Crippen molar-refractivity contribution in [2.24, 2.45) is 11.3 Å². The first-order valence-electron chi connectivity index (χ1n) is 6.38. The Kier molecular flexibility index (Phi) is 4.78. The van der Waals surface area contributed by atoms with E-state index in [9.17, 15) is 4.79 Å². The minimum Gasteiger partial charge on any atom is -0.356 e. The maximum absolute atomic E-state index is 10.7. The molecule has 0 aromatic heterocycles. The van der Waals surface area contributed by atoms with Gasteiger partial charge in [0.15, 0.2) is 0 Å². The second kappa shape index (κ2) is 5.67. The van der Waals surface area contributed by atoms with Gasteiger partial charge in [0.05, 0.1) is 0 Å². The van der Waals surface area contributed by atoms with E-state index in [2.05, 4.69) is 31.4 Å². The number of nitrogens with one attached hydrogen (secondary N) is 2. The van der Waals surface area contributed by atoms with Crippen LogP contribution in [0.15, 0.2) is 0 Å². The molecule has 0 aliphatic heterocycles. The van der Waals surface area contributed by atoms with Crippen LogP contribution in [-0.2, 0) is 4.79 Å². The zero-order chi connectivity index (χ0) is 12.2. The van der Waals surface area contributed by atoms with Crippen molar-refractivity contribution in [1.29, 1.82) is 0 Å². The van der Waals surface area contributed by atoms with E-state index in [4.69, 9.17) is 0 Å². The molecule has 0 aromatic rings. The summed E-state index contributed by atoms with van der Waals surface area (Å²) in [5, 5.41) is 6.43. The molecule has 0 aromatic carbocycles. The predicted octanol–water partition coefficient (Wildman–Crippen LogP) is 1.93. The molecule has 0 heterocycles. The number of carbonyl (C=O) groups is 1. The fraction of sp³-hybridized carbons (Fsp3) is 0.923. The lowest BCUT2D eigenvalue weighted by Gasteiger charge is -2.18. The molecule has 1 aliphatic rings. The van der Waals surface area contributed by atoms with Crippen LogP contribution < -0.4 is 10.6 Å². The maximum Gasteiger partial charge on any atom is 0.216 e. The van der Waals surface area contributed by atoms with Crippen molar-refractivity contribution in [2.45, 2.75) is 53.0 Å². The Morgan fingerprint density at radius 1 is 1.31 bits per heavy atom. The molecule has 3 heteroatoms. The standard InChI is InChI=1S/C13H26N2O/c1-10-8-13(3,4)9-12(10)15-7-5-6-14-11(2)16/h10,12,15H,5-9H2,1-4H3,(H,14,16)/t10-,12+/m0/s1. The summed E-state index contributed by atoms with van der Waals surface area (Å²) < 4.78 is 0. The van der Waals surface area contributed by atoms with E-state index in [0.717, 1.165) is 25.4 Å². The average Bonchev–Trinajstić information content (AvgIpc) is 2.38. The minimum absolute atomic E-state index is 0.0652. The third-order valence-electron chi connectivity index (χ3n) is 3.47. The Morgan fingerprint density at radius 2 is 2.00 bits per heavy atom. The summed E-state index contributed by atoms with van der Waals surface area (Å²) in [6, 6.07) is 0.660. The third kappa shape index (κ3) is 4.52. The predicted molar refractivity (Wildman–Crippen MR) is 67.3 cm³/mol. The largest absolute Gasteiger partial charge is 0.356 e. The van der Waals surface area contributed by atoms with Crippen LogP contribution in [0.2, 0.25) is 0 Å². The zero-order valence-corrected chi connectivity index (χ0v) is 11.1. The van der Waals surface area contributed by atoms with Crippen LogP contribution in [-0.4, -0.2) is 25.0 Å². The SMILES string of the molecule is CC(=O)NCCCN[C@@H]1CC(C)(C)C[C@@H]1C. The molecule has 0 radical (unpaired) electrons. The first-order chi connectivity index (χ1) is 7.41. The molecule has 1 fully saturated rings. The number of hydrogen-bond donors (Lipinski definition) is 2. The van der Waals surface area contributed by atoms with E-state index >= 15 is 0 Å². The number of hydrogen-bond acceptors (Lipinski definition) is 2. The van der Waals surface area contributed by atoms with Crippen LogP contribution in [0.3, 0.4) is 0 Å². The molecule has 1 rings (SSSR count). The lowest BCUT2D eigenvalue weighted by molar-refractivity contribution is -0.118. The van der Waals surface area contributed by atoms with Gasteiger partial charge in [0.2, 0.25) is 5.91 Å². The molecule has 1 amide bonds. The van der Waals surface area contributed by atoms with Gasteiger partial charge in [-0.3, -0.25) is 4.79 Å². The topological polar surface area (TPSA) is 41.1 Å². The van der Waals surface area contributed by atoms with Crippen LogP contribution in [0.5, 0.6) is 0 Å². The molecule has 0 unspecified atom stereocenters. The highest BCUT2D eigenvalue weighted by atomic mass is 16.1. The van der Waals surface area contributed by atoms with E-state index in [1.165, 1.54) is 12.8 Å². The number of carbonyl (C=O) groups excluding carboxylic acids is 1. The van der Waals surface area contributed by atoms with E-state index < -0.39 is 0 Å². The second-order valence-electron chi connectivity index (χ2n) is 5.95. The van der Waals surface area contributed by atoms with Crippen molar-refractivity contribution in [3.63, 3.8) is 0 Å². The Bertz CT molecular complexity index is 238. The first kappa shape index (κ1) is 13.5. The molecular weight excluding hydrogens is 200 g/mol. The van der Waals surface area contributed by atoms with Gasteiger partial charge in [-0.05, 0) is 37.1 Å². The van der Waals surface area contributed by atoms with E-state index in [-0.39, 0.29) is 5.91 Å². The Labute approximate surface area is 99.4 Å². The van der Waals surface area contributed by atoms with Crippen LogP contribution in [0.1, 0.15) is 47.0 Å². The number of rotatable bonds is 5. The van der Waals surface area contributed by atoms with Crippen molar-refractivity contribution in [2.75, 3.05) is 13.1 Å². The normalized spacial score (nSPS) is 28.0. The van der Waals surface area contributed by atoms with E-state index in [1.54, 1.807) is 6.92 Å². The van der Waals surface area contributed by atoms with Gasteiger partial charge in [-0.2, -0.15) is 0 Å². The summed E-state index contributed by atoms with van der Waals surface area (Å²) >= 11 is 0. The fourth-order valence-corrected chi connectivity index (χ4v) is 2.81. The molecule has 0 bridgehead atoms. The zero-order valence-electron chi connectivity index (χ0n) is 11.1. The molecule has 0 spiro atoms. The summed E-state index contributed by atoms with van der Waals surface area (Å²) in [4.78, 5) is 10.7. The molecule has 2 N–H and O–H groups in total. The van der Waals surface area contributed by atoms with E-state index in [0.29, 0.717) is 11.5 Å². The third-order valence-corrected chi connectivity index (χ3v) is 3.47. The molecule has 3 nitrogen and oxygen atoms in total. The van der Waals surface area contributed by atoms with Crippen molar-refractivity contribution < 1.29 is 4.79 Å². The minimum atomic E-state index is 0.0652. The summed E-state index contributed by atoms with van der Waals surface area (Å²) in [6.45, 7) is 10.4. The highest BCUT2D eigenvalue weighted by molar-refractivity contribution is 5.72. The summed E-state index contributed by atoms with van der Waals surface area (Å²) in [7, 11) is 0. The molecule has 94 valence electrons. The van der Waals surface area contributed by atoms with Crippen molar-refractivity contribution >= 4 is 5.91 Å². The van der Waals surface area contributed by atoms with Crippen LogP contribution >= 0.6 is 0 Å². The second-order valence-corrected chi connectivity index (χ2v) is 5.95. The quantitative estimate of drug-likeness (QED) is 0.703. The Balaban J connectivity index is 2.12. The van der Waals surface area contributed by atoms with Crippen molar-refractivity contribution in [1.82, 2.24) is 10.6 Å². The van der Waals surface area contributed by atoms with Crippen LogP contribution in [0, 0.1) is 11.3 Å². The fourth-order valence-electron chi connectivity index (χ4n) is 2.81. The molecule has 1 aliphatic carbocycles. The molecular formula is C13H26N2O. The smallest absolute Gasteiger partial charge is 0.216 e. The summed E-state index contributed by atoms with van der Waals surface area (Å²) in [5.41, 5.74) is 0.495. The van der Waals surface area contributed by atoms with Crippen molar-refractivity contribution in [3.8, 4) is 0 Å². The molecule has 16 heavy (non-hydrogen) atoms. The average molecular weight is 226 g/mol. The monoisotopic (exact) mass is 226 g/mol. The molecule has 0 saturated heterocycles. The van der Waals surface area contributed by atoms with Gasteiger partial charge in [-0.25, -0.2) is 0 Å². The van der Waals surface area contributed by atoms with Gasteiger partial charge >= 0.3 is 0 Å². The molecule has 2 atom stereocenters. The van der Waals surface area contributed by atoms with Crippen LogP contribution in [0.4, 0.5) is 0 Å². The van der Waals surface area contributed by atoms with E-state index in [1.807, 2.05) is 0 Å². The highest BCUT2D eigenvalue weighted by Gasteiger charge is 2.35. The van der Waals surface area contributed by atoms with Gasteiger partial charge in [-0.1, -0.05) is 20.8 Å². The molecule has 1 saturated carbocycles. The maximum atomic E-state index is 10.7.